The molecule has 4 heteroatoms. The van der Waals surface area contributed by atoms with Gasteiger partial charge in [-0.15, -0.1) is 0 Å². The molecule has 4 nitrogen and oxygen atoms in total. The minimum Gasteiger partial charge on any atom is -0.368 e. The molecule has 1 saturated heterocycles. The van der Waals surface area contributed by atoms with Crippen LogP contribution in [0.5, 0.6) is 0 Å². The normalized spacial score (nSPS) is 20.3. The third-order valence-corrected chi connectivity index (χ3v) is 3.33. The molecule has 1 heterocycles. The molecule has 92 valence electrons. The number of rotatable bonds is 3. The maximum atomic E-state index is 11.4. The molecule has 4 N–H and O–H groups in total. The van der Waals surface area contributed by atoms with Crippen LogP contribution in [0.1, 0.15) is 24.8 Å². The molecule has 1 amide bonds. The van der Waals surface area contributed by atoms with Crippen LogP contribution in [-0.2, 0) is 11.3 Å². The molecule has 0 radical (unpaired) electrons. The van der Waals surface area contributed by atoms with Crippen molar-refractivity contribution in [2.75, 3.05) is 11.4 Å². The van der Waals surface area contributed by atoms with Crippen molar-refractivity contribution >= 4 is 11.6 Å². The fraction of sp³-hybridized carbons (Fsp3) is 0.462. The van der Waals surface area contributed by atoms with Crippen LogP contribution in [0.4, 0.5) is 5.69 Å². The number of benzene rings is 1. The van der Waals surface area contributed by atoms with Crippen LogP contribution in [0.25, 0.3) is 0 Å². The number of nitrogens with zero attached hydrogens (tertiary/aromatic N) is 1. The third kappa shape index (κ3) is 2.58. The van der Waals surface area contributed by atoms with E-state index in [1.807, 2.05) is 24.3 Å². The highest BCUT2D eigenvalue weighted by Crippen LogP contribution is 2.24. The maximum absolute atomic E-state index is 11.4. The molecule has 0 bridgehead atoms. The zero-order chi connectivity index (χ0) is 12.3. The van der Waals surface area contributed by atoms with E-state index in [9.17, 15) is 4.79 Å². The summed E-state index contributed by atoms with van der Waals surface area (Å²) in [6, 6.07) is 7.88. The van der Waals surface area contributed by atoms with Gasteiger partial charge in [0.25, 0.3) is 0 Å². The van der Waals surface area contributed by atoms with Gasteiger partial charge in [0.1, 0.15) is 6.04 Å². The first-order chi connectivity index (χ1) is 8.22. The van der Waals surface area contributed by atoms with Crippen molar-refractivity contribution in [3.63, 3.8) is 0 Å². The predicted octanol–water partition coefficient (Wildman–Crippen LogP) is 0.989. The Labute approximate surface area is 102 Å². The van der Waals surface area contributed by atoms with E-state index in [-0.39, 0.29) is 11.9 Å². The van der Waals surface area contributed by atoms with Crippen LogP contribution in [0.15, 0.2) is 24.3 Å². The number of hydrogen-bond donors (Lipinski definition) is 2. The van der Waals surface area contributed by atoms with E-state index in [1.165, 1.54) is 0 Å². The van der Waals surface area contributed by atoms with Gasteiger partial charge >= 0.3 is 0 Å². The third-order valence-electron chi connectivity index (χ3n) is 3.33. The highest BCUT2D eigenvalue weighted by molar-refractivity contribution is 5.83. The Morgan fingerprint density at radius 2 is 2.00 bits per heavy atom. The second-order valence-electron chi connectivity index (χ2n) is 4.48. The second kappa shape index (κ2) is 5.19. The van der Waals surface area contributed by atoms with Gasteiger partial charge in [0.05, 0.1) is 0 Å². The Bertz CT molecular complexity index is 388. The summed E-state index contributed by atoms with van der Waals surface area (Å²) in [6.45, 7) is 1.44. The van der Waals surface area contributed by atoms with Crippen LogP contribution >= 0.6 is 0 Å². The number of nitrogens with two attached hydrogens (primary N) is 2. The highest BCUT2D eigenvalue weighted by Gasteiger charge is 2.26. The number of hydrogen-bond acceptors (Lipinski definition) is 3. The molecule has 1 unspecified atom stereocenters. The van der Waals surface area contributed by atoms with Gasteiger partial charge < -0.3 is 16.4 Å². The Hall–Kier alpha value is -1.55. The van der Waals surface area contributed by atoms with E-state index >= 15 is 0 Å². The van der Waals surface area contributed by atoms with Crippen molar-refractivity contribution in [1.29, 1.82) is 0 Å². The van der Waals surface area contributed by atoms with E-state index in [0.29, 0.717) is 6.54 Å². The van der Waals surface area contributed by atoms with E-state index in [4.69, 9.17) is 11.5 Å². The van der Waals surface area contributed by atoms with Crippen LogP contribution in [0.3, 0.4) is 0 Å². The topological polar surface area (TPSA) is 72.3 Å². The first-order valence-corrected chi connectivity index (χ1v) is 6.07. The van der Waals surface area contributed by atoms with Crippen molar-refractivity contribution in [3.05, 3.63) is 29.8 Å². The zero-order valence-corrected chi connectivity index (χ0v) is 9.93. The zero-order valence-electron chi connectivity index (χ0n) is 9.93. The number of primary amides is 1. The summed E-state index contributed by atoms with van der Waals surface area (Å²) < 4.78 is 0. The first-order valence-electron chi connectivity index (χ1n) is 6.07. The van der Waals surface area contributed by atoms with Crippen LogP contribution < -0.4 is 16.4 Å². The summed E-state index contributed by atoms with van der Waals surface area (Å²) >= 11 is 0. The smallest absolute Gasteiger partial charge is 0.240 e. The van der Waals surface area contributed by atoms with Gasteiger partial charge in [-0.1, -0.05) is 12.1 Å². The maximum Gasteiger partial charge on any atom is 0.240 e. The molecule has 1 aromatic carbocycles. The summed E-state index contributed by atoms with van der Waals surface area (Å²) in [5.41, 5.74) is 13.2. The number of carbonyl (C=O) groups excluding carboxylic acids is 1. The number of anilines is 1. The SMILES string of the molecule is NCc1ccc(N2CCCCC2C(N)=O)cc1. The van der Waals surface area contributed by atoms with Crippen LogP contribution in [-0.4, -0.2) is 18.5 Å². The van der Waals surface area contributed by atoms with Gasteiger partial charge in [-0.3, -0.25) is 4.79 Å². The molecule has 0 aromatic heterocycles. The summed E-state index contributed by atoms with van der Waals surface area (Å²) in [5.74, 6) is -0.229. The lowest BCUT2D eigenvalue weighted by molar-refractivity contribution is -0.119. The van der Waals surface area contributed by atoms with Gasteiger partial charge in [-0.2, -0.15) is 0 Å². The fourth-order valence-electron chi connectivity index (χ4n) is 2.36. The van der Waals surface area contributed by atoms with E-state index < -0.39 is 0 Å². The largest absolute Gasteiger partial charge is 0.368 e. The van der Waals surface area contributed by atoms with Gasteiger partial charge in [0.15, 0.2) is 0 Å². The van der Waals surface area contributed by atoms with Crippen molar-refractivity contribution in [2.24, 2.45) is 11.5 Å². The van der Waals surface area contributed by atoms with E-state index in [1.54, 1.807) is 0 Å². The number of piperidine rings is 1. The van der Waals surface area contributed by atoms with Gasteiger partial charge in [-0.25, -0.2) is 0 Å². The van der Waals surface area contributed by atoms with Crippen molar-refractivity contribution in [1.82, 2.24) is 0 Å². The molecular formula is C13H19N3O. The van der Waals surface area contributed by atoms with Gasteiger partial charge in [0, 0.05) is 18.8 Å². The minimum absolute atomic E-state index is 0.160. The van der Waals surface area contributed by atoms with Gasteiger partial charge in [-0.05, 0) is 37.0 Å². The molecule has 17 heavy (non-hydrogen) atoms. The molecule has 0 aliphatic carbocycles. The average molecular weight is 233 g/mol. The lowest BCUT2D eigenvalue weighted by atomic mass is 10.0. The summed E-state index contributed by atoms with van der Waals surface area (Å²) in [5, 5.41) is 0. The van der Waals surface area contributed by atoms with Gasteiger partial charge in [0.2, 0.25) is 5.91 Å². The lowest BCUT2D eigenvalue weighted by Crippen LogP contribution is -2.47. The van der Waals surface area contributed by atoms with Crippen molar-refractivity contribution < 1.29 is 4.79 Å². The summed E-state index contributed by atoms with van der Waals surface area (Å²) in [6.07, 6.45) is 3.04. The van der Waals surface area contributed by atoms with E-state index in [2.05, 4.69) is 4.90 Å². The molecule has 0 saturated carbocycles. The summed E-state index contributed by atoms with van der Waals surface area (Å²) in [7, 11) is 0. The highest BCUT2D eigenvalue weighted by atomic mass is 16.1. The Kier molecular flexibility index (Phi) is 3.64. The van der Waals surface area contributed by atoms with Crippen molar-refractivity contribution in [3.8, 4) is 0 Å². The second-order valence-corrected chi connectivity index (χ2v) is 4.48. The predicted molar refractivity (Wildman–Crippen MR) is 68.5 cm³/mol. The average Bonchev–Trinajstić information content (AvgIpc) is 2.39. The Balaban J connectivity index is 2.20. The minimum atomic E-state index is -0.229. The molecule has 1 fully saturated rings. The molecule has 1 atom stereocenters. The monoisotopic (exact) mass is 233 g/mol. The Morgan fingerprint density at radius 1 is 1.29 bits per heavy atom. The first kappa shape index (κ1) is 11.9. The fourth-order valence-corrected chi connectivity index (χ4v) is 2.36. The lowest BCUT2D eigenvalue weighted by Gasteiger charge is -2.35. The quantitative estimate of drug-likeness (QED) is 0.817. The standard InChI is InChI=1S/C13H19N3O/c14-9-10-4-6-11(7-5-10)16-8-2-1-3-12(16)13(15)17/h4-7,12H,1-3,8-9,14H2,(H2,15,17). The number of carbonyl (C=O) groups is 1. The van der Waals surface area contributed by atoms with Crippen molar-refractivity contribution in [2.45, 2.75) is 31.8 Å². The molecule has 1 aliphatic rings. The molecule has 0 spiro atoms. The number of amides is 1. The molecule has 1 aromatic rings. The molecule has 2 rings (SSSR count). The Morgan fingerprint density at radius 3 is 2.59 bits per heavy atom. The summed E-state index contributed by atoms with van der Waals surface area (Å²) in [4.78, 5) is 13.5. The van der Waals surface area contributed by atoms with E-state index in [0.717, 1.165) is 37.1 Å². The molecule has 1 aliphatic heterocycles. The van der Waals surface area contributed by atoms with Crippen LogP contribution in [0, 0.1) is 0 Å². The van der Waals surface area contributed by atoms with Crippen LogP contribution in [0.2, 0.25) is 0 Å². The molecular weight excluding hydrogens is 214 g/mol.